The fraction of sp³-hybridized carbons (Fsp3) is 0.708. The highest BCUT2D eigenvalue weighted by atomic mass is 16.5. The van der Waals surface area contributed by atoms with Crippen molar-refractivity contribution < 1.29 is 9.47 Å². The highest BCUT2D eigenvalue weighted by Crippen LogP contribution is 2.20. The van der Waals surface area contributed by atoms with Gasteiger partial charge in [0, 0.05) is 58.0 Å². The molecule has 1 aromatic carbocycles. The van der Waals surface area contributed by atoms with E-state index in [4.69, 9.17) is 9.47 Å². The number of hydrogen-bond donors (Lipinski definition) is 2. The lowest BCUT2D eigenvalue weighted by atomic mass is 9.92. The second-order valence-electron chi connectivity index (χ2n) is 8.36. The van der Waals surface area contributed by atoms with E-state index in [9.17, 15) is 0 Å². The molecule has 7 nitrogen and oxygen atoms in total. The maximum absolute atomic E-state index is 5.57. The number of ether oxygens (including phenoxy) is 2. The molecule has 0 radical (unpaired) electrons. The van der Waals surface area contributed by atoms with Gasteiger partial charge in [-0.3, -0.25) is 9.89 Å². The summed E-state index contributed by atoms with van der Waals surface area (Å²) in [4.78, 5) is 9.42. The van der Waals surface area contributed by atoms with Gasteiger partial charge in [-0.25, -0.2) is 0 Å². The van der Waals surface area contributed by atoms with Crippen molar-refractivity contribution in [2.45, 2.75) is 39.3 Å². The van der Waals surface area contributed by atoms with Crippen molar-refractivity contribution in [2.24, 2.45) is 10.9 Å². The summed E-state index contributed by atoms with van der Waals surface area (Å²) in [5, 5.41) is 7.06. The van der Waals surface area contributed by atoms with Crippen LogP contribution >= 0.6 is 0 Å². The highest BCUT2D eigenvalue weighted by molar-refractivity contribution is 5.79. The van der Waals surface area contributed by atoms with E-state index >= 15 is 0 Å². The number of benzene rings is 1. The van der Waals surface area contributed by atoms with Crippen LogP contribution in [0.2, 0.25) is 0 Å². The molecule has 2 saturated heterocycles. The van der Waals surface area contributed by atoms with Crippen LogP contribution in [0.4, 0.5) is 5.69 Å². The summed E-state index contributed by atoms with van der Waals surface area (Å²) >= 11 is 0. The van der Waals surface area contributed by atoms with E-state index < -0.39 is 0 Å². The van der Waals surface area contributed by atoms with Gasteiger partial charge in [-0.05, 0) is 23.6 Å². The highest BCUT2D eigenvalue weighted by Gasteiger charge is 2.27. The van der Waals surface area contributed by atoms with E-state index in [0.717, 1.165) is 71.7 Å². The van der Waals surface area contributed by atoms with Gasteiger partial charge < -0.3 is 25.0 Å². The van der Waals surface area contributed by atoms with E-state index in [-0.39, 0.29) is 0 Å². The standard InChI is InChI=1S/C24H41N5O2/c1-4-21(5-2)23(29-12-16-31-17-13-29)19-27-24(25-3)26-18-20-6-8-22(9-7-20)28-10-14-30-15-11-28/h6-9,21,23H,4-5,10-19H2,1-3H3,(H2,25,26,27). The van der Waals surface area contributed by atoms with E-state index in [1.165, 1.54) is 24.1 Å². The topological polar surface area (TPSA) is 61.4 Å². The zero-order chi connectivity index (χ0) is 21.9. The molecule has 3 rings (SSSR count). The number of hydrogen-bond acceptors (Lipinski definition) is 5. The van der Waals surface area contributed by atoms with Gasteiger partial charge in [0.05, 0.1) is 26.4 Å². The monoisotopic (exact) mass is 431 g/mol. The summed E-state index contributed by atoms with van der Waals surface area (Å²) in [6.07, 6.45) is 2.39. The predicted octanol–water partition coefficient (Wildman–Crippen LogP) is 2.33. The van der Waals surface area contributed by atoms with E-state index in [1.807, 2.05) is 7.05 Å². The number of guanidine groups is 1. The maximum atomic E-state index is 5.57. The summed E-state index contributed by atoms with van der Waals surface area (Å²) in [7, 11) is 1.84. The maximum Gasteiger partial charge on any atom is 0.191 e. The fourth-order valence-corrected chi connectivity index (χ4v) is 4.59. The Hall–Kier alpha value is -1.83. The molecule has 1 aromatic rings. The quantitative estimate of drug-likeness (QED) is 0.462. The van der Waals surface area contributed by atoms with Gasteiger partial charge in [0.1, 0.15) is 0 Å². The zero-order valence-electron chi connectivity index (χ0n) is 19.6. The average molecular weight is 432 g/mol. The van der Waals surface area contributed by atoms with Crippen molar-refractivity contribution in [1.29, 1.82) is 0 Å². The SMILES string of the molecule is CCC(CC)C(CNC(=NC)NCc1ccc(N2CCOCC2)cc1)N1CCOCC1. The number of nitrogens with one attached hydrogen (secondary N) is 2. The molecule has 0 bridgehead atoms. The molecule has 1 atom stereocenters. The largest absolute Gasteiger partial charge is 0.379 e. The molecule has 0 spiro atoms. The minimum Gasteiger partial charge on any atom is -0.379 e. The minimum atomic E-state index is 0.505. The van der Waals surface area contributed by atoms with Gasteiger partial charge in [0.2, 0.25) is 0 Å². The first-order valence-electron chi connectivity index (χ1n) is 11.9. The second-order valence-corrected chi connectivity index (χ2v) is 8.36. The molecule has 0 aromatic heterocycles. The third kappa shape index (κ3) is 7.09. The first kappa shape index (κ1) is 23.8. The molecule has 0 saturated carbocycles. The molecule has 7 heteroatoms. The van der Waals surface area contributed by atoms with Crippen molar-refractivity contribution in [3.63, 3.8) is 0 Å². The third-order valence-electron chi connectivity index (χ3n) is 6.58. The molecular weight excluding hydrogens is 390 g/mol. The smallest absolute Gasteiger partial charge is 0.191 e. The van der Waals surface area contributed by atoms with Crippen LogP contribution in [0.3, 0.4) is 0 Å². The summed E-state index contributed by atoms with van der Waals surface area (Å²) < 4.78 is 11.0. The third-order valence-corrected chi connectivity index (χ3v) is 6.58. The lowest BCUT2D eigenvalue weighted by molar-refractivity contribution is 0.00272. The van der Waals surface area contributed by atoms with Crippen molar-refractivity contribution in [3.8, 4) is 0 Å². The number of aliphatic imine (C=N–C) groups is 1. The Morgan fingerprint density at radius 3 is 2.13 bits per heavy atom. The first-order chi connectivity index (χ1) is 15.2. The zero-order valence-corrected chi connectivity index (χ0v) is 19.6. The Labute approximate surface area is 188 Å². The molecule has 2 N–H and O–H groups in total. The fourth-order valence-electron chi connectivity index (χ4n) is 4.59. The molecule has 0 aliphatic carbocycles. The van der Waals surface area contributed by atoms with Crippen LogP contribution in [0.15, 0.2) is 29.3 Å². The van der Waals surface area contributed by atoms with Crippen molar-refractivity contribution in [2.75, 3.05) is 71.1 Å². The van der Waals surface area contributed by atoms with Crippen LogP contribution in [0.5, 0.6) is 0 Å². The average Bonchev–Trinajstić information content (AvgIpc) is 2.85. The first-order valence-corrected chi connectivity index (χ1v) is 11.9. The summed E-state index contributed by atoms with van der Waals surface area (Å²) in [5.41, 5.74) is 2.53. The van der Waals surface area contributed by atoms with Gasteiger partial charge in [0.25, 0.3) is 0 Å². The molecule has 2 fully saturated rings. The molecule has 174 valence electrons. The van der Waals surface area contributed by atoms with Crippen LogP contribution in [-0.2, 0) is 16.0 Å². The summed E-state index contributed by atoms with van der Waals surface area (Å²) in [6, 6.07) is 9.32. The lowest BCUT2D eigenvalue weighted by Crippen LogP contribution is -2.53. The molecule has 2 heterocycles. The van der Waals surface area contributed by atoms with Gasteiger partial charge in [0.15, 0.2) is 5.96 Å². The van der Waals surface area contributed by atoms with E-state index in [1.54, 1.807) is 0 Å². The van der Waals surface area contributed by atoms with Crippen molar-refractivity contribution >= 4 is 11.6 Å². The number of rotatable bonds is 9. The molecule has 0 amide bonds. The molecular formula is C24H41N5O2. The predicted molar refractivity (Wildman–Crippen MR) is 128 cm³/mol. The number of nitrogens with zero attached hydrogens (tertiary/aromatic N) is 3. The van der Waals surface area contributed by atoms with Crippen LogP contribution in [0.1, 0.15) is 32.3 Å². The second kappa shape index (κ2) is 12.9. The van der Waals surface area contributed by atoms with Gasteiger partial charge >= 0.3 is 0 Å². The Morgan fingerprint density at radius 2 is 1.55 bits per heavy atom. The molecule has 2 aliphatic rings. The van der Waals surface area contributed by atoms with Crippen molar-refractivity contribution in [1.82, 2.24) is 15.5 Å². The summed E-state index contributed by atoms with van der Waals surface area (Å²) in [5.74, 6) is 1.54. The van der Waals surface area contributed by atoms with Crippen molar-refractivity contribution in [3.05, 3.63) is 29.8 Å². The lowest BCUT2D eigenvalue weighted by Gasteiger charge is -2.39. The van der Waals surface area contributed by atoms with E-state index in [2.05, 4.69) is 63.5 Å². The molecule has 1 unspecified atom stereocenters. The Bertz CT molecular complexity index is 650. The normalized spacial score (nSPS) is 19.5. The Kier molecular flexibility index (Phi) is 9.90. The van der Waals surface area contributed by atoms with Crippen LogP contribution < -0.4 is 15.5 Å². The van der Waals surface area contributed by atoms with E-state index in [0.29, 0.717) is 12.0 Å². The Morgan fingerprint density at radius 1 is 0.935 bits per heavy atom. The van der Waals surface area contributed by atoms with Gasteiger partial charge in [-0.15, -0.1) is 0 Å². The number of anilines is 1. The molecule has 2 aliphatic heterocycles. The molecule has 31 heavy (non-hydrogen) atoms. The van der Waals surface area contributed by atoms with Crippen LogP contribution in [-0.4, -0.2) is 83.1 Å². The summed E-state index contributed by atoms with van der Waals surface area (Å²) in [6.45, 7) is 13.5. The Balaban J connectivity index is 1.50. The van der Waals surface area contributed by atoms with Crippen LogP contribution in [0.25, 0.3) is 0 Å². The van der Waals surface area contributed by atoms with Gasteiger partial charge in [-0.1, -0.05) is 38.8 Å². The van der Waals surface area contributed by atoms with Gasteiger partial charge in [-0.2, -0.15) is 0 Å². The number of morpholine rings is 2. The minimum absolute atomic E-state index is 0.505. The van der Waals surface area contributed by atoms with Crippen LogP contribution in [0, 0.1) is 5.92 Å².